The molecule has 1 heterocycles. The van der Waals surface area contributed by atoms with Gasteiger partial charge < -0.3 is 14.8 Å². The van der Waals surface area contributed by atoms with Gasteiger partial charge in [0.2, 0.25) is 6.79 Å². The van der Waals surface area contributed by atoms with Crippen molar-refractivity contribution in [3.05, 3.63) is 23.3 Å². The predicted molar refractivity (Wildman–Crippen MR) is 72.7 cm³/mol. The van der Waals surface area contributed by atoms with Crippen LogP contribution < -0.4 is 14.8 Å². The van der Waals surface area contributed by atoms with Crippen LogP contribution in [0.5, 0.6) is 11.5 Å². The molecule has 0 fully saturated rings. The Balaban J connectivity index is 2.29. The summed E-state index contributed by atoms with van der Waals surface area (Å²) >= 11 is 2.87. The summed E-state index contributed by atoms with van der Waals surface area (Å²) in [7, 11) is 0. The molecule has 1 aromatic rings. The van der Waals surface area contributed by atoms with E-state index in [2.05, 4.69) is 35.1 Å². The second kappa shape index (κ2) is 4.80. The molecule has 0 saturated heterocycles. The summed E-state index contributed by atoms with van der Waals surface area (Å²) in [5.74, 6) is 1.56. The molecule has 1 amide bonds. The molecule has 0 spiro atoms. The fourth-order valence-corrected chi connectivity index (χ4v) is 2.30. The molecule has 18 heavy (non-hydrogen) atoms. The maximum Gasteiger partial charge on any atom is 0.287 e. The molecule has 1 aromatic carbocycles. The van der Waals surface area contributed by atoms with E-state index in [1.165, 1.54) is 0 Å². The summed E-state index contributed by atoms with van der Waals surface area (Å²) in [6.45, 7) is 7.03. The maximum atomic E-state index is 11.0. The van der Waals surface area contributed by atoms with Gasteiger partial charge in [0.15, 0.2) is 11.5 Å². The normalized spacial score (nSPS) is 13.6. The van der Waals surface area contributed by atoms with Gasteiger partial charge in [-0.25, -0.2) is 0 Å². The van der Waals surface area contributed by atoms with Crippen molar-refractivity contribution in [1.29, 1.82) is 0 Å². The summed E-state index contributed by atoms with van der Waals surface area (Å²) in [5.41, 5.74) is 2.11. The van der Waals surface area contributed by atoms with E-state index >= 15 is 0 Å². The third-order valence-electron chi connectivity index (χ3n) is 3.12. The smallest absolute Gasteiger partial charge is 0.287 e. The number of aryl methyl sites for hydroxylation is 1. The highest BCUT2D eigenvalue weighted by atomic mass is 79.9. The molecule has 1 aliphatic heterocycles. The summed E-state index contributed by atoms with van der Waals surface area (Å²) < 4.78 is 10.7. The van der Waals surface area contributed by atoms with E-state index in [-0.39, 0.29) is 17.0 Å². The average Bonchev–Trinajstić information content (AvgIpc) is 2.72. The fourth-order valence-electron chi connectivity index (χ4n) is 2.16. The van der Waals surface area contributed by atoms with Crippen molar-refractivity contribution in [2.75, 3.05) is 13.3 Å². The van der Waals surface area contributed by atoms with Crippen LogP contribution in [-0.2, 0) is 5.41 Å². The van der Waals surface area contributed by atoms with Crippen LogP contribution in [0.3, 0.4) is 0 Å². The molecular formula is C13H16BrNO3. The summed E-state index contributed by atoms with van der Waals surface area (Å²) in [6, 6.07) is 3.98. The second-order valence-electron chi connectivity index (χ2n) is 5.03. The SMILES string of the molecule is Cc1cc2c(cc1C(C)(C)CNC(=O)Br)OCO2. The van der Waals surface area contributed by atoms with Crippen molar-refractivity contribution in [3.8, 4) is 11.5 Å². The predicted octanol–water partition coefficient (Wildman–Crippen LogP) is 3.11. The van der Waals surface area contributed by atoms with Crippen LogP contribution in [0, 0.1) is 6.92 Å². The van der Waals surface area contributed by atoms with Crippen LogP contribution in [0.4, 0.5) is 4.79 Å². The highest BCUT2D eigenvalue weighted by Gasteiger charge is 2.26. The third-order valence-corrected chi connectivity index (χ3v) is 3.40. The molecule has 1 N–H and O–H groups in total. The van der Waals surface area contributed by atoms with Gasteiger partial charge in [0.05, 0.1) is 0 Å². The van der Waals surface area contributed by atoms with Gasteiger partial charge in [0, 0.05) is 27.9 Å². The summed E-state index contributed by atoms with van der Waals surface area (Å²) in [6.07, 6.45) is 0. The van der Waals surface area contributed by atoms with Crippen molar-refractivity contribution >= 4 is 20.7 Å². The van der Waals surface area contributed by atoms with E-state index in [0.717, 1.165) is 22.6 Å². The molecule has 0 radical (unpaired) electrons. The number of carbonyl (C=O) groups excluding carboxylic acids is 1. The number of rotatable bonds is 3. The first-order valence-electron chi connectivity index (χ1n) is 5.74. The van der Waals surface area contributed by atoms with Gasteiger partial charge >= 0.3 is 0 Å². The van der Waals surface area contributed by atoms with Crippen LogP contribution in [0.1, 0.15) is 25.0 Å². The number of ether oxygens (including phenoxy) is 2. The number of fused-ring (bicyclic) bond motifs is 1. The van der Waals surface area contributed by atoms with Gasteiger partial charge in [-0.15, -0.1) is 0 Å². The van der Waals surface area contributed by atoms with Crippen LogP contribution in [-0.4, -0.2) is 18.2 Å². The molecule has 0 saturated carbocycles. The molecule has 4 nitrogen and oxygen atoms in total. The lowest BCUT2D eigenvalue weighted by molar-refractivity contribution is 0.174. The number of carbonyl (C=O) groups is 1. The zero-order valence-corrected chi connectivity index (χ0v) is 12.3. The lowest BCUT2D eigenvalue weighted by Crippen LogP contribution is -2.34. The van der Waals surface area contributed by atoms with Gasteiger partial charge in [0.25, 0.3) is 4.82 Å². The number of amides is 1. The molecule has 98 valence electrons. The largest absolute Gasteiger partial charge is 0.454 e. The Morgan fingerprint density at radius 2 is 2.00 bits per heavy atom. The zero-order valence-electron chi connectivity index (χ0n) is 10.7. The molecule has 0 unspecified atom stereocenters. The van der Waals surface area contributed by atoms with Gasteiger partial charge in [-0.05, 0) is 30.2 Å². The second-order valence-corrected chi connectivity index (χ2v) is 5.75. The first-order valence-corrected chi connectivity index (χ1v) is 6.53. The van der Waals surface area contributed by atoms with Crippen LogP contribution in [0.15, 0.2) is 12.1 Å². The van der Waals surface area contributed by atoms with E-state index in [9.17, 15) is 4.79 Å². The van der Waals surface area contributed by atoms with E-state index in [1.807, 2.05) is 19.1 Å². The Morgan fingerprint density at radius 3 is 2.61 bits per heavy atom. The summed E-state index contributed by atoms with van der Waals surface area (Å²) in [4.78, 5) is 10.8. The van der Waals surface area contributed by atoms with E-state index < -0.39 is 0 Å². The molecule has 1 aliphatic rings. The highest BCUT2D eigenvalue weighted by molar-refractivity contribution is 9.18. The van der Waals surface area contributed by atoms with Gasteiger partial charge in [-0.1, -0.05) is 13.8 Å². The number of benzene rings is 1. The lowest BCUT2D eigenvalue weighted by atomic mass is 9.81. The minimum Gasteiger partial charge on any atom is -0.454 e. The van der Waals surface area contributed by atoms with Crippen LogP contribution in [0.2, 0.25) is 0 Å². The molecule has 5 heteroatoms. The Kier molecular flexibility index (Phi) is 3.52. The Morgan fingerprint density at radius 1 is 1.39 bits per heavy atom. The third kappa shape index (κ3) is 2.61. The van der Waals surface area contributed by atoms with E-state index in [0.29, 0.717) is 6.54 Å². The number of hydrogen-bond acceptors (Lipinski definition) is 3. The van der Waals surface area contributed by atoms with Crippen molar-refractivity contribution in [2.24, 2.45) is 0 Å². The van der Waals surface area contributed by atoms with E-state index in [4.69, 9.17) is 9.47 Å². The highest BCUT2D eigenvalue weighted by Crippen LogP contribution is 2.38. The van der Waals surface area contributed by atoms with Crippen LogP contribution in [0.25, 0.3) is 0 Å². The van der Waals surface area contributed by atoms with Gasteiger partial charge in [-0.3, -0.25) is 4.79 Å². The minimum absolute atomic E-state index is 0.172. The molecule has 0 bridgehead atoms. The van der Waals surface area contributed by atoms with Crippen molar-refractivity contribution in [3.63, 3.8) is 0 Å². The van der Waals surface area contributed by atoms with Crippen molar-refractivity contribution < 1.29 is 14.3 Å². The quantitative estimate of drug-likeness (QED) is 0.689. The molecule has 0 atom stereocenters. The standard InChI is InChI=1S/C13H16BrNO3/c1-8-4-10-11(18-7-17-10)5-9(8)13(2,3)6-15-12(14)16/h4-5H,6-7H2,1-3H3,(H,15,16). The molecule has 2 rings (SSSR count). The first kappa shape index (κ1) is 13.2. The molecule has 0 aromatic heterocycles. The lowest BCUT2D eigenvalue weighted by Gasteiger charge is -2.27. The first-order chi connectivity index (χ1) is 8.40. The Labute approximate surface area is 115 Å². The van der Waals surface area contributed by atoms with Crippen molar-refractivity contribution in [1.82, 2.24) is 5.32 Å². The number of nitrogens with one attached hydrogen (secondary N) is 1. The topological polar surface area (TPSA) is 47.6 Å². The van der Waals surface area contributed by atoms with Gasteiger partial charge in [0.1, 0.15) is 0 Å². The minimum atomic E-state index is -0.200. The maximum absolute atomic E-state index is 11.0. The zero-order chi connectivity index (χ0) is 13.3. The monoisotopic (exact) mass is 313 g/mol. The average molecular weight is 314 g/mol. The summed E-state index contributed by atoms with van der Waals surface area (Å²) in [5, 5.41) is 2.78. The molecular weight excluding hydrogens is 298 g/mol. The fraction of sp³-hybridized carbons (Fsp3) is 0.462. The van der Waals surface area contributed by atoms with Gasteiger partial charge in [-0.2, -0.15) is 0 Å². The number of hydrogen-bond donors (Lipinski definition) is 1. The van der Waals surface area contributed by atoms with Crippen molar-refractivity contribution in [2.45, 2.75) is 26.2 Å². The van der Waals surface area contributed by atoms with E-state index in [1.54, 1.807) is 0 Å². The Hall–Kier alpha value is -1.23. The molecule has 0 aliphatic carbocycles. The Bertz CT molecular complexity index is 485. The van der Waals surface area contributed by atoms with Crippen LogP contribution >= 0.6 is 15.9 Å². The number of halogens is 1.